The van der Waals surface area contributed by atoms with Gasteiger partial charge in [0.05, 0.1) is 17.6 Å². The van der Waals surface area contributed by atoms with Crippen LogP contribution in [0.5, 0.6) is 0 Å². The predicted molar refractivity (Wildman–Crippen MR) is 94.3 cm³/mol. The fraction of sp³-hybridized carbons (Fsp3) is 0.611. The van der Waals surface area contributed by atoms with Crippen LogP contribution in [0.1, 0.15) is 36.5 Å². The summed E-state index contributed by atoms with van der Waals surface area (Å²) < 4.78 is 5.76. The Labute approximate surface area is 148 Å². The van der Waals surface area contributed by atoms with E-state index in [0.717, 1.165) is 25.9 Å². The Balaban J connectivity index is 1.64. The molecular formula is C18H26N4O3. The summed E-state index contributed by atoms with van der Waals surface area (Å²) in [5, 5.41) is 0. The van der Waals surface area contributed by atoms with Crippen LogP contribution in [-0.4, -0.2) is 60.6 Å². The monoisotopic (exact) mass is 346 g/mol. The van der Waals surface area contributed by atoms with Crippen molar-refractivity contribution >= 4 is 17.6 Å². The summed E-state index contributed by atoms with van der Waals surface area (Å²) in [6, 6.07) is 3.39. The number of pyridine rings is 1. The number of rotatable bonds is 4. The maximum atomic E-state index is 12.9. The lowest BCUT2D eigenvalue weighted by molar-refractivity contribution is -0.145. The maximum absolute atomic E-state index is 12.9. The van der Waals surface area contributed by atoms with E-state index in [1.165, 1.54) is 0 Å². The van der Waals surface area contributed by atoms with Crippen LogP contribution in [-0.2, 0) is 9.53 Å². The van der Waals surface area contributed by atoms with Gasteiger partial charge in [-0.05, 0) is 31.4 Å². The highest BCUT2D eigenvalue weighted by Gasteiger charge is 2.35. The number of anilines is 1. The highest BCUT2D eigenvalue weighted by atomic mass is 16.5. The number of hydrogen-bond donors (Lipinski definition) is 1. The van der Waals surface area contributed by atoms with E-state index < -0.39 is 5.91 Å². The van der Waals surface area contributed by atoms with Crippen LogP contribution in [0.3, 0.4) is 0 Å². The normalized spacial score (nSPS) is 24.2. The van der Waals surface area contributed by atoms with E-state index in [-0.39, 0.29) is 17.9 Å². The number of piperazine rings is 1. The molecule has 7 heteroatoms. The molecule has 3 heterocycles. The summed E-state index contributed by atoms with van der Waals surface area (Å²) in [7, 11) is 0. The molecule has 0 aliphatic carbocycles. The number of nitrogens with two attached hydrogens (primary N) is 1. The van der Waals surface area contributed by atoms with Crippen LogP contribution in [0.4, 0.5) is 5.82 Å². The molecule has 1 aromatic heterocycles. The van der Waals surface area contributed by atoms with Crippen molar-refractivity contribution in [3.8, 4) is 0 Å². The first kappa shape index (κ1) is 17.7. The van der Waals surface area contributed by atoms with Crippen LogP contribution >= 0.6 is 0 Å². The van der Waals surface area contributed by atoms with Crippen LogP contribution in [0.15, 0.2) is 18.3 Å². The first-order valence-electron chi connectivity index (χ1n) is 9.02. The summed E-state index contributed by atoms with van der Waals surface area (Å²) in [6.07, 6.45) is 4.42. The van der Waals surface area contributed by atoms with Gasteiger partial charge in [0.15, 0.2) is 0 Å². The SMILES string of the molecule is CC[C@H]1OCCC[C@@H]1C(=O)N1CCN(c2ncccc2C(N)=O)CC1. The first-order chi connectivity index (χ1) is 12.1. The number of carbonyl (C=O) groups excluding carboxylic acids is 2. The topological polar surface area (TPSA) is 88.8 Å². The van der Waals surface area contributed by atoms with Crippen molar-refractivity contribution in [1.82, 2.24) is 9.88 Å². The first-order valence-corrected chi connectivity index (χ1v) is 9.02. The van der Waals surface area contributed by atoms with Gasteiger partial charge in [0.2, 0.25) is 5.91 Å². The Morgan fingerprint density at radius 3 is 2.76 bits per heavy atom. The molecule has 0 bridgehead atoms. The van der Waals surface area contributed by atoms with Gasteiger partial charge in [0.25, 0.3) is 5.91 Å². The third-order valence-electron chi connectivity index (χ3n) is 5.10. The number of ether oxygens (including phenoxy) is 1. The van der Waals surface area contributed by atoms with Crippen molar-refractivity contribution in [2.75, 3.05) is 37.7 Å². The van der Waals surface area contributed by atoms with Gasteiger partial charge in [-0.25, -0.2) is 4.98 Å². The minimum atomic E-state index is -0.480. The van der Waals surface area contributed by atoms with E-state index >= 15 is 0 Å². The lowest BCUT2D eigenvalue weighted by Crippen LogP contribution is -2.53. The van der Waals surface area contributed by atoms with Crippen LogP contribution in [0.25, 0.3) is 0 Å². The molecule has 3 rings (SSSR count). The molecule has 2 amide bonds. The second kappa shape index (κ2) is 7.82. The minimum absolute atomic E-state index is 0.0265. The van der Waals surface area contributed by atoms with Crippen molar-refractivity contribution < 1.29 is 14.3 Å². The summed E-state index contributed by atoms with van der Waals surface area (Å²) in [5.41, 5.74) is 5.87. The van der Waals surface area contributed by atoms with Crippen LogP contribution < -0.4 is 10.6 Å². The Kier molecular flexibility index (Phi) is 5.53. The third-order valence-corrected chi connectivity index (χ3v) is 5.10. The van der Waals surface area contributed by atoms with Gasteiger partial charge in [-0.1, -0.05) is 6.92 Å². The van der Waals surface area contributed by atoms with Gasteiger partial charge in [-0.15, -0.1) is 0 Å². The number of primary amides is 1. The van der Waals surface area contributed by atoms with Crippen molar-refractivity contribution in [1.29, 1.82) is 0 Å². The van der Waals surface area contributed by atoms with Gasteiger partial charge < -0.3 is 20.3 Å². The highest BCUT2D eigenvalue weighted by molar-refractivity contribution is 5.97. The van der Waals surface area contributed by atoms with E-state index in [4.69, 9.17) is 10.5 Å². The molecular weight excluding hydrogens is 320 g/mol. The fourth-order valence-electron chi connectivity index (χ4n) is 3.74. The quantitative estimate of drug-likeness (QED) is 0.880. The van der Waals surface area contributed by atoms with Gasteiger partial charge in [-0.3, -0.25) is 9.59 Å². The van der Waals surface area contributed by atoms with Gasteiger partial charge >= 0.3 is 0 Å². The second-order valence-electron chi connectivity index (χ2n) is 6.62. The van der Waals surface area contributed by atoms with Gasteiger partial charge in [0, 0.05) is 39.0 Å². The minimum Gasteiger partial charge on any atom is -0.377 e. The largest absolute Gasteiger partial charge is 0.377 e. The maximum Gasteiger partial charge on any atom is 0.252 e. The van der Waals surface area contributed by atoms with Crippen molar-refractivity contribution in [2.45, 2.75) is 32.3 Å². The lowest BCUT2D eigenvalue weighted by Gasteiger charge is -2.39. The molecule has 1 aromatic rings. The molecule has 2 saturated heterocycles. The van der Waals surface area contributed by atoms with E-state index in [0.29, 0.717) is 37.6 Å². The van der Waals surface area contributed by atoms with E-state index in [9.17, 15) is 9.59 Å². The smallest absolute Gasteiger partial charge is 0.252 e. The lowest BCUT2D eigenvalue weighted by atomic mass is 9.91. The molecule has 2 aliphatic heterocycles. The Hall–Kier alpha value is -2.15. The Bertz CT molecular complexity index is 629. The summed E-state index contributed by atoms with van der Waals surface area (Å²) in [4.78, 5) is 32.7. The van der Waals surface area contributed by atoms with Crippen molar-refractivity contribution in [2.24, 2.45) is 11.7 Å². The standard InChI is InChI=1S/C18H26N4O3/c1-2-15-13(6-4-12-25-15)18(24)22-10-8-21(9-11-22)17-14(16(19)23)5-3-7-20-17/h3,5,7,13,15H,2,4,6,8-12H2,1H3,(H2,19,23)/t13-,15+/m0/s1. The van der Waals surface area contributed by atoms with Crippen molar-refractivity contribution in [3.63, 3.8) is 0 Å². The molecule has 0 unspecified atom stereocenters. The number of hydrogen-bond acceptors (Lipinski definition) is 5. The molecule has 25 heavy (non-hydrogen) atoms. The molecule has 0 saturated carbocycles. The summed E-state index contributed by atoms with van der Waals surface area (Å²) >= 11 is 0. The third kappa shape index (κ3) is 3.76. The van der Waals surface area contributed by atoms with E-state index in [1.807, 2.05) is 9.80 Å². The second-order valence-corrected chi connectivity index (χ2v) is 6.62. The van der Waals surface area contributed by atoms with Crippen LogP contribution in [0.2, 0.25) is 0 Å². The number of aromatic nitrogens is 1. The molecule has 2 aliphatic rings. The molecule has 2 fully saturated rings. The highest BCUT2D eigenvalue weighted by Crippen LogP contribution is 2.26. The zero-order chi connectivity index (χ0) is 17.8. The van der Waals surface area contributed by atoms with Gasteiger partial charge in [0.1, 0.15) is 5.82 Å². The number of amides is 2. The van der Waals surface area contributed by atoms with Crippen LogP contribution in [0, 0.1) is 5.92 Å². The molecule has 2 N–H and O–H groups in total. The molecule has 0 spiro atoms. The zero-order valence-electron chi connectivity index (χ0n) is 14.7. The average Bonchev–Trinajstić information content (AvgIpc) is 2.67. The predicted octanol–water partition coefficient (Wildman–Crippen LogP) is 1.03. The zero-order valence-corrected chi connectivity index (χ0v) is 14.7. The molecule has 0 radical (unpaired) electrons. The van der Waals surface area contributed by atoms with Gasteiger partial charge in [-0.2, -0.15) is 0 Å². The van der Waals surface area contributed by atoms with Crippen molar-refractivity contribution in [3.05, 3.63) is 23.9 Å². The fourth-order valence-corrected chi connectivity index (χ4v) is 3.74. The Morgan fingerprint density at radius 2 is 2.08 bits per heavy atom. The number of nitrogens with zero attached hydrogens (tertiary/aromatic N) is 3. The Morgan fingerprint density at radius 1 is 1.32 bits per heavy atom. The summed E-state index contributed by atoms with van der Waals surface area (Å²) in [6.45, 7) is 5.37. The molecule has 0 aromatic carbocycles. The summed E-state index contributed by atoms with van der Waals surface area (Å²) in [5.74, 6) is 0.296. The van der Waals surface area contributed by atoms with E-state index in [2.05, 4.69) is 11.9 Å². The average molecular weight is 346 g/mol. The van der Waals surface area contributed by atoms with E-state index in [1.54, 1.807) is 18.3 Å². The molecule has 7 nitrogen and oxygen atoms in total. The molecule has 136 valence electrons. The number of carbonyl (C=O) groups is 2. The molecule has 2 atom stereocenters.